The molecule has 8 atom stereocenters. The van der Waals surface area contributed by atoms with Gasteiger partial charge in [-0.3, -0.25) is 0 Å². The summed E-state index contributed by atoms with van der Waals surface area (Å²) in [6, 6.07) is 31.4. The monoisotopic (exact) mass is 681 g/mol. The predicted molar refractivity (Wildman–Crippen MR) is 209 cm³/mol. The van der Waals surface area contributed by atoms with E-state index in [1.54, 1.807) is 5.56 Å². The lowest BCUT2D eigenvalue weighted by molar-refractivity contribution is -0.163. The maximum atomic E-state index is 7.37. The Morgan fingerprint density at radius 3 is 2.52 bits per heavy atom. The molecule has 1 saturated heterocycles. The number of ether oxygens (including phenoxy) is 2. The third-order valence-electron chi connectivity index (χ3n) is 14.1. The lowest BCUT2D eigenvalue weighted by Gasteiger charge is -2.62. The second-order valence-corrected chi connectivity index (χ2v) is 16.4. The van der Waals surface area contributed by atoms with E-state index in [4.69, 9.17) is 9.47 Å². The Labute approximate surface area is 308 Å². The highest BCUT2D eigenvalue weighted by atomic mass is 16.5. The van der Waals surface area contributed by atoms with E-state index in [0.29, 0.717) is 23.7 Å². The van der Waals surface area contributed by atoms with Crippen LogP contribution in [0.2, 0.25) is 0 Å². The Morgan fingerprint density at radius 2 is 1.62 bits per heavy atom. The fraction of sp³-hybridized carbons (Fsp3) is 0.347. The minimum absolute atomic E-state index is 0.0441. The number of para-hydroxylation sites is 2. The molecule has 3 heteroatoms. The zero-order valence-electron chi connectivity index (χ0n) is 29.9. The molecule has 3 heterocycles. The van der Waals surface area contributed by atoms with Crippen LogP contribution in [0.15, 0.2) is 139 Å². The smallest absolute Gasteiger partial charge is 0.130 e. The van der Waals surface area contributed by atoms with Gasteiger partial charge in [-0.2, -0.15) is 0 Å². The number of fused-ring (bicyclic) bond motifs is 11. The summed E-state index contributed by atoms with van der Waals surface area (Å²) in [6.45, 7) is 0. The van der Waals surface area contributed by atoms with E-state index in [9.17, 15) is 0 Å². The van der Waals surface area contributed by atoms with Gasteiger partial charge in [0.15, 0.2) is 0 Å². The molecule has 2 fully saturated rings. The van der Waals surface area contributed by atoms with Gasteiger partial charge >= 0.3 is 0 Å². The van der Waals surface area contributed by atoms with Crippen LogP contribution in [-0.4, -0.2) is 16.8 Å². The molecule has 3 nitrogen and oxygen atoms in total. The highest BCUT2D eigenvalue weighted by molar-refractivity contribution is 5.65. The third-order valence-corrected chi connectivity index (χ3v) is 14.1. The number of rotatable bonds is 3. The minimum atomic E-state index is -0.106. The topological polar surface area (TPSA) is 23.4 Å². The van der Waals surface area contributed by atoms with E-state index < -0.39 is 0 Å². The van der Waals surface area contributed by atoms with Gasteiger partial charge in [-0.05, 0) is 122 Å². The van der Waals surface area contributed by atoms with Gasteiger partial charge in [0.05, 0.1) is 12.2 Å². The first-order chi connectivity index (χ1) is 25.8. The number of hydrogen-bond donors (Lipinski definition) is 0. The van der Waals surface area contributed by atoms with E-state index in [1.165, 1.54) is 58.6 Å². The molecule has 3 aromatic carbocycles. The summed E-state index contributed by atoms with van der Waals surface area (Å²) in [7, 11) is 0. The highest BCUT2D eigenvalue weighted by Crippen LogP contribution is 2.65. The number of aromatic nitrogens is 1. The Kier molecular flexibility index (Phi) is 7.29. The average molecular weight is 682 g/mol. The highest BCUT2D eigenvalue weighted by Gasteiger charge is 2.63. The van der Waals surface area contributed by atoms with Crippen molar-refractivity contribution in [2.45, 2.75) is 81.3 Å². The molecule has 8 unspecified atom stereocenters. The van der Waals surface area contributed by atoms with Crippen molar-refractivity contribution in [1.82, 2.24) is 4.57 Å². The Bertz CT molecular complexity index is 2180. The van der Waals surface area contributed by atoms with E-state index in [2.05, 4.69) is 138 Å². The maximum absolute atomic E-state index is 7.37. The van der Waals surface area contributed by atoms with Crippen molar-refractivity contribution >= 4 is 6.08 Å². The quantitative estimate of drug-likeness (QED) is 0.215. The van der Waals surface area contributed by atoms with Crippen molar-refractivity contribution in [1.29, 1.82) is 0 Å². The molecule has 7 aliphatic rings. The van der Waals surface area contributed by atoms with E-state index in [0.717, 1.165) is 50.0 Å². The normalized spacial score (nSPS) is 32.3. The first kappa shape index (κ1) is 31.0. The molecule has 11 rings (SSSR count). The van der Waals surface area contributed by atoms with Crippen LogP contribution in [0.4, 0.5) is 0 Å². The maximum Gasteiger partial charge on any atom is 0.130 e. The number of benzene rings is 3. The van der Waals surface area contributed by atoms with Crippen LogP contribution >= 0.6 is 0 Å². The first-order valence-corrected chi connectivity index (χ1v) is 20.0. The molecule has 0 radical (unpaired) electrons. The van der Waals surface area contributed by atoms with Gasteiger partial charge in [0.2, 0.25) is 0 Å². The van der Waals surface area contributed by atoms with Crippen LogP contribution in [-0.2, 0) is 29.4 Å². The molecule has 1 saturated carbocycles. The summed E-state index contributed by atoms with van der Waals surface area (Å²) in [5, 5.41) is 0. The predicted octanol–water partition coefficient (Wildman–Crippen LogP) is 10.8. The van der Waals surface area contributed by atoms with Gasteiger partial charge < -0.3 is 14.0 Å². The molecule has 5 aliphatic carbocycles. The molecule has 4 aromatic rings. The molecule has 1 spiro atoms. The van der Waals surface area contributed by atoms with Crippen LogP contribution in [0.3, 0.4) is 0 Å². The molecule has 2 aliphatic heterocycles. The molecule has 0 bridgehead atoms. The van der Waals surface area contributed by atoms with Gasteiger partial charge in [-0.15, -0.1) is 0 Å². The van der Waals surface area contributed by atoms with Crippen LogP contribution in [0.25, 0.3) is 11.8 Å². The fourth-order valence-corrected chi connectivity index (χ4v) is 12.0. The lowest BCUT2D eigenvalue weighted by atomic mass is 9.47. The van der Waals surface area contributed by atoms with Crippen molar-refractivity contribution in [2.75, 3.05) is 0 Å². The molecular weight excluding hydrogens is 635 g/mol. The summed E-state index contributed by atoms with van der Waals surface area (Å²) >= 11 is 0. The van der Waals surface area contributed by atoms with Crippen LogP contribution in [0, 0.1) is 23.7 Å². The summed E-state index contributed by atoms with van der Waals surface area (Å²) in [5.74, 6) is 4.16. The van der Waals surface area contributed by atoms with Crippen molar-refractivity contribution < 1.29 is 9.47 Å². The van der Waals surface area contributed by atoms with E-state index in [-0.39, 0.29) is 23.5 Å². The van der Waals surface area contributed by atoms with Crippen molar-refractivity contribution in [3.8, 4) is 11.4 Å². The zero-order valence-corrected chi connectivity index (χ0v) is 29.9. The molecular formula is C49H47NO2. The minimum Gasteiger partial charge on any atom is -0.461 e. The largest absolute Gasteiger partial charge is 0.461 e. The van der Waals surface area contributed by atoms with Gasteiger partial charge in [0.1, 0.15) is 11.5 Å². The van der Waals surface area contributed by atoms with E-state index in [1.807, 2.05) is 0 Å². The molecule has 52 heavy (non-hydrogen) atoms. The molecule has 1 aromatic heterocycles. The van der Waals surface area contributed by atoms with Crippen LogP contribution < -0.4 is 4.74 Å². The van der Waals surface area contributed by atoms with Crippen molar-refractivity contribution in [2.24, 2.45) is 23.7 Å². The second-order valence-electron chi connectivity index (χ2n) is 16.4. The van der Waals surface area contributed by atoms with Gasteiger partial charge in [0, 0.05) is 39.9 Å². The number of hydrogen-bond acceptors (Lipinski definition) is 2. The Balaban J connectivity index is 1.02. The zero-order chi connectivity index (χ0) is 34.2. The molecule has 260 valence electrons. The average Bonchev–Trinajstić information content (AvgIpc) is 3.55. The van der Waals surface area contributed by atoms with Crippen molar-refractivity contribution in [3.63, 3.8) is 0 Å². The second kappa shape index (κ2) is 12.2. The van der Waals surface area contributed by atoms with Crippen LogP contribution in [0.5, 0.6) is 5.75 Å². The fourth-order valence-electron chi connectivity index (χ4n) is 12.0. The van der Waals surface area contributed by atoms with Crippen LogP contribution in [0.1, 0.15) is 78.1 Å². The summed E-state index contributed by atoms with van der Waals surface area (Å²) < 4.78 is 16.8. The number of allylic oxidation sites excluding steroid dienone is 7. The Morgan fingerprint density at radius 1 is 0.769 bits per heavy atom. The number of nitrogens with zero attached hydrogens (tertiary/aromatic N) is 1. The van der Waals surface area contributed by atoms with Gasteiger partial charge in [-0.1, -0.05) is 109 Å². The summed E-state index contributed by atoms with van der Waals surface area (Å²) in [4.78, 5) is 0. The standard InChI is InChI=1S/C49H47NO2/c1-3-13-32(14-4-1)35-24-27-41-48(31-35)52-47-28-25-33(29-42(47)49(41)39-18-8-11-21-45(39)51-46-22-12-9-19-40(46)49)34-23-26-38-37-17-7-10-20-43(37)50(44(38)30-34)36-15-5-2-6-16-36/h1-9,11-18,21-22,25,28-29,34-35,40-42,47-48H,10,19-20,23-24,26-27,30-31H2. The van der Waals surface area contributed by atoms with E-state index >= 15 is 0 Å². The van der Waals surface area contributed by atoms with Gasteiger partial charge in [-0.25, -0.2) is 0 Å². The van der Waals surface area contributed by atoms with Gasteiger partial charge in [0.25, 0.3) is 0 Å². The van der Waals surface area contributed by atoms with Crippen molar-refractivity contribution in [3.05, 3.63) is 172 Å². The molecule has 0 amide bonds. The Hall–Kier alpha value is -4.60. The lowest BCUT2D eigenvalue weighted by Crippen LogP contribution is -2.63. The summed E-state index contributed by atoms with van der Waals surface area (Å²) in [5.41, 5.74) is 11.7. The summed E-state index contributed by atoms with van der Waals surface area (Å²) in [6.07, 6.45) is 29.7. The first-order valence-electron chi connectivity index (χ1n) is 20.0. The SMILES string of the molecule is C1=CCC2C(=C1)Oc1ccccc1C21C2C=C(C3CCc4c5c(n(-c6ccccc6)c4C3)CCC=C5)C=CC2OC2CC(c3ccccc3)CCC21. The molecule has 0 N–H and O–H groups in total. The third kappa shape index (κ3) is 4.61.